The van der Waals surface area contributed by atoms with Crippen LogP contribution in [0, 0.1) is 13.8 Å². The fourth-order valence-corrected chi connectivity index (χ4v) is 3.41. The van der Waals surface area contributed by atoms with Crippen LogP contribution in [0.4, 0.5) is 5.82 Å². The van der Waals surface area contributed by atoms with E-state index in [9.17, 15) is 0 Å². The predicted molar refractivity (Wildman–Crippen MR) is 100 cm³/mol. The molecule has 1 aliphatic heterocycles. The fraction of sp³-hybridized carbons (Fsp3) is 0.421. The molecule has 25 heavy (non-hydrogen) atoms. The fourth-order valence-electron chi connectivity index (χ4n) is 3.41. The average molecular weight is 336 g/mol. The first-order valence-corrected chi connectivity index (χ1v) is 8.91. The molecule has 3 aromatic rings. The van der Waals surface area contributed by atoms with Crippen molar-refractivity contribution in [3.05, 3.63) is 41.9 Å². The Kier molecular flexibility index (Phi) is 4.13. The van der Waals surface area contributed by atoms with Crippen LogP contribution < -0.4 is 4.90 Å². The number of nitrogens with zero attached hydrogens (tertiary/aromatic N) is 6. The van der Waals surface area contributed by atoms with Crippen molar-refractivity contribution in [3.63, 3.8) is 0 Å². The molecule has 0 spiro atoms. The van der Waals surface area contributed by atoms with Crippen LogP contribution in [0.2, 0.25) is 0 Å². The van der Waals surface area contributed by atoms with Gasteiger partial charge in [-0.25, -0.2) is 14.6 Å². The number of hydrogen-bond acceptors (Lipinski definition) is 5. The van der Waals surface area contributed by atoms with Crippen molar-refractivity contribution < 1.29 is 0 Å². The quantitative estimate of drug-likeness (QED) is 0.736. The Bertz CT molecular complexity index is 892. The highest BCUT2D eigenvalue weighted by atomic mass is 15.3. The molecule has 0 saturated carbocycles. The Morgan fingerprint density at radius 2 is 1.80 bits per heavy atom. The third-order valence-corrected chi connectivity index (χ3v) is 5.20. The number of benzene rings is 1. The van der Waals surface area contributed by atoms with Crippen molar-refractivity contribution >= 4 is 16.9 Å². The zero-order chi connectivity index (χ0) is 17.4. The Labute approximate surface area is 148 Å². The van der Waals surface area contributed by atoms with E-state index in [4.69, 9.17) is 0 Å². The zero-order valence-electron chi connectivity index (χ0n) is 15.1. The third-order valence-electron chi connectivity index (χ3n) is 5.20. The van der Waals surface area contributed by atoms with Gasteiger partial charge in [0.05, 0.1) is 17.3 Å². The van der Waals surface area contributed by atoms with Crippen LogP contribution in [0.15, 0.2) is 30.7 Å². The van der Waals surface area contributed by atoms with Gasteiger partial charge < -0.3 is 9.80 Å². The van der Waals surface area contributed by atoms with Gasteiger partial charge >= 0.3 is 0 Å². The summed E-state index contributed by atoms with van der Waals surface area (Å²) in [4.78, 5) is 13.9. The van der Waals surface area contributed by atoms with Gasteiger partial charge in [-0.05, 0) is 43.7 Å². The molecule has 6 heteroatoms. The molecule has 0 amide bonds. The van der Waals surface area contributed by atoms with Crippen molar-refractivity contribution in [2.75, 3.05) is 37.6 Å². The Morgan fingerprint density at radius 1 is 1.00 bits per heavy atom. The third kappa shape index (κ3) is 2.87. The van der Waals surface area contributed by atoms with Gasteiger partial charge in [0, 0.05) is 26.2 Å². The molecule has 4 rings (SSSR count). The smallest absolute Gasteiger partial charge is 0.168 e. The molecule has 0 aliphatic carbocycles. The first-order chi connectivity index (χ1) is 12.2. The summed E-state index contributed by atoms with van der Waals surface area (Å²) in [5.41, 5.74) is 4.44. The minimum Gasteiger partial charge on any atom is -0.353 e. The molecule has 130 valence electrons. The van der Waals surface area contributed by atoms with E-state index in [-0.39, 0.29) is 0 Å². The van der Waals surface area contributed by atoms with Gasteiger partial charge in [-0.1, -0.05) is 13.0 Å². The number of hydrogen-bond donors (Lipinski definition) is 0. The van der Waals surface area contributed by atoms with E-state index in [1.54, 1.807) is 6.33 Å². The van der Waals surface area contributed by atoms with Crippen LogP contribution in [0.1, 0.15) is 18.1 Å². The van der Waals surface area contributed by atoms with Gasteiger partial charge in [0.15, 0.2) is 5.65 Å². The summed E-state index contributed by atoms with van der Waals surface area (Å²) in [6, 6.07) is 6.38. The molecular formula is C19H24N6. The van der Waals surface area contributed by atoms with Crippen LogP contribution in [0.3, 0.4) is 0 Å². The van der Waals surface area contributed by atoms with Crippen LogP contribution in [-0.2, 0) is 0 Å². The summed E-state index contributed by atoms with van der Waals surface area (Å²) in [7, 11) is 0. The first-order valence-electron chi connectivity index (χ1n) is 8.91. The molecule has 3 heterocycles. The summed E-state index contributed by atoms with van der Waals surface area (Å²) in [6.45, 7) is 11.7. The molecule has 1 saturated heterocycles. The van der Waals surface area contributed by atoms with Crippen molar-refractivity contribution in [2.45, 2.75) is 20.8 Å². The summed E-state index contributed by atoms with van der Waals surface area (Å²) in [5.74, 6) is 0.996. The molecule has 1 aromatic carbocycles. The van der Waals surface area contributed by atoms with E-state index < -0.39 is 0 Å². The number of rotatable bonds is 3. The molecule has 0 radical (unpaired) electrons. The minimum absolute atomic E-state index is 0.867. The van der Waals surface area contributed by atoms with Crippen LogP contribution >= 0.6 is 0 Å². The van der Waals surface area contributed by atoms with Gasteiger partial charge in [0.25, 0.3) is 0 Å². The van der Waals surface area contributed by atoms with E-state index in [1.807, 2.05) is 10.9 Å². The lowest BCUT2D eigenvalue weighted by Crippen LogP contribution is -2.46. The zero-order valence-corrected chi connectivity index (χ0v) is 15.1. The second kappa shape index (κ2) is 6.44. The molecular weight excluding hydrogens is 312 g/mol. The number of aromatic nitrogens is 4. The van der Waals surface area contributed by atoms with Crippen LogP contribution in [-0.4, -0.2) is 57.4 Å². The normalized spacial score (nSPS) is 15.9. The standard InChI is InChI=1S/C19H24N6/c1-4-23-7-9-24(10-8-23)18-17-12-22-25(19(17)21-13-20-18)16-6-5-14(2)15(3)11-16/h5-6,11-13H,4,7-10H2,1-3H3. The average Bonchev–Trinajstić information content (AvgIpc) is 3.08. The Balaban J connectivity index is 1.72. The maximum absolute atomic E-state index is 4.60. The monoisotopic (exact) mass is 336 g/mol. The molecule has 0 unspecified atom stereocenters. The predicted octanol–water partition coefficient (Wildman–Crippen LogP) is 2.57. The topological polar surface area (TPSA) is 50.1 Å². The molecule has 0 N–H and O–H groups in total. The highest BCUT2D eigenvalue weighted by Gasteiger charge is 2.20. The second-order valence-corrected chi connectivity index (χ2v) is 6.68. The number of anilines is 1. The van der Waals surface area contributed by atoms with Crippen LogP contribution in [0.5, 0.6) is 0 Å². The SMILES string of the molecule is CCN1CCN(c2ncnc3c2cnn3-c2ccc(C)c(C)c2)CC1. The van der Waals surface area contributed by atoms with Crippen molar-refractivity contribution in [1.29, 1.82) is 0 Å². The molecule has 6 nitrogen and oxygen atoms in total. The van der Waals surface area contributed by atoms with Crippen molar-refractivity contribution in [2.24, 2.45) is 0 Å². The van der Waals surface area contributed by atoms with Crippen LogP contribution in [0.25, 0.3) is 16.7 Å². The largest absolute Gasteiger partial charge is 0.353 e. The Morgan fingerprint density at radius 3 is 2.52 bits per heavy atom. The van der Waals surface area contributed by atoms with E-state index in [0.717, 1.165) is 55.3 Å². The summed E-state index contributed by atoms with van der Waals surface area (Å²) in [6.07, 6.45) is 3.55. The summed E-state index contributed by atoms with van der Waals surface area (Å²) >= 11 is 0. The van der Waals surface area contributed by atoms with Gasteiger partial charge in [-0.15, -0.1) is 0 Å². The second-order valence-electron chi connectivity index (χ2n) is 6.68. The van der Waals surface area contributed by atoms with E-state index in [2.05, 4.69) is 63.8 Å². The van der Waals surface area contributed by atoms with Gasteiger partial charge in [0.1, 0.15) is 12.1 Å². The van der Waals surface area contributed by atoms with E-state index in [0.29, 0.717) is 0 Å². The molecule has 2 aromatic heterocycles. The highest BCUT2D eigenvalue weighted by molar-refractivity contribution is 5.87. The molecule has 1 fully saturated rings. The lowest BCUT2D eigenvalue weighted by Gasteiger charge is -2.34. The minimum atomic E-state index is 0.867. The first kappa shape index (κ1) is 16.0. The van der Waals surface area contributed by atoms with Gasteiger partial charge in [-0.2, -0.15) is 5.10 Å². The Hall–Kier alpha value is -2.47. The van der Waals surface area contributed by atoms with Gasteiger partial charge in [-0.3, -0.25) is 0 Å². The molecule has 1 aliphatic rings. The van der Waals surface area contributed by atoms with Crippen molar-refractivity contribution in [3.8, 4) is 5.69 Å². The maximum atomic E-state index is 4.60. The number of likely N-dealkylation sites (N-methyl/N-ethyl adjacent to an activating group) is 1. The number of fused-ring (bicyclic) bond motifs is 1. The summed E-state index contributed by atoms with van der Waals surface area (Å²) < 4.78 is 1.91. The molecule has 0 bridgehead atoms. The maximum Gasteiger partial charge on any atom is 0.168 e. The lowest BCUT2D eigenvalue weighted by molar-refractivity contribution is 0.271. The lowest BCUT2D eigenvalue weighted by atomic mass is 10.1. The summed E-state index contributed by atoms with van der Waals surface area (Å²) in [5, 5.41) is 5.62. The van der Waals surface area contributed by atoms with Crippen molar-refractivity contribution in [1.82, 2.24) is 24.6 Å². The highest BCUT2D eigenvalue weighted by Crippen LogP contribution is 2.26. The van der Waals surface area contributed by atoms with E-state index in [1.165, 1.54) is 11.1 Å². The molecule has 0 atom stereocenters. The van der Waals surface area contributed by atoms with Gasteiger partial charge in [0.2, 0.25) is 0 Å². The number of aryl methyl sites for hydroxylation is 2. The number of piperazine rings is 1. The van der Waals surface area contributed by atoms with E-state index >= 15 is 0 Å².